The van der Waals surface area contributed by atoms with Crippen LogP contribution in [0.2, 0.25) is 0 Å². The quantitative estimate of drug-likeness (QED) is 0.852. The van der Waals surface area contributed by atoms with Crippen LogP contribution in [0.25, 0.3) is 0 Å². The maximum Gasteiger partial charge on any atom is 0.243 e. The van der Waals surface area contributed by atoms with Crippen molar-refractivity contribution in [3.05, 3.63) is 23.3 Å². The Hall–Kier alpha value is -1.11. The van der Waals surface area contributed by atoms with Crippen LogP contribution in [0.3, 0.4) is 0 Å². The molecule has 2 atom stereocenters. The summed E-state index contributed by atoms with van der Waals surface area (Å²) in [6, 6.07) is 3.51. The van der Waals surface area contributed by atoms with Crippen molar-refractivity contribution in [2.45, 2.75) is 51.7 Å². The van der Waals surface area contributed by atoms with E-state index in [1.54, 1.807) is 12.1 Å². The van der Waals surface area contributed by atoms with Gasteiger partial charge in [0.1, 0.15) is 5.75 Å². The van der Waals surface area contributed by atoms with Crippen molar-refractivity contribution in [3.8, 4) is 5.75 Å². The fourth-order valence-corrected chi connectivity index (χ4v) is 4.70. The lowest BCUT2D eigenvalue weighted by atomic mass is 10.1. The standard InChI is InChI=1S/C16H25NO4S/c1-6-20-15-7-12(3)16(8-11(15)2)22(18,19)17-9-13(4)21-14(5)10-17/h7-8,13-14H,6,9-10H2,1-5H3/t13-,14-/m1/s1. The van der Waals surface area contributed by atoms with Crippen LogP contribution in [0.15, 0.2) is 17.0 Å². The van der Waals surface area contributed by atoms with Crippen LogP contribution < -0.4 is 4.74 Å². The number of hydrogen-bond acceptors (Lipinski definition) is 4. The van der Waals surface area contributed by atoms with Gasteiger partial charge in [0.05, 0.1) is 23.7 Å². The smallest absolute Gasteiger partial charge is 0.243 e. The Balaban J connectivity index is 2.39. The van der Waals surface area contributed by atoms with Crippen LogP contribution in [0.5, 0.6) is 5.75 Å². The van der Waals surface area contributed by atoms with E-state index in [0.29, 0.717) is 30.2 Å². The summed E-state index contributed by atoms with van der Waals surface area (Å²) in [5.74, 6) is 0.739. The van der Waals surface area contributed by atoms with E-state index in [2.05, 4.69) is 0 Å². The number of aryl methyl sites for hydroxylation is 2. The number of sulfonamides is 1. The first-order valence-corrected chi connectivity index (χ1v) is 9.09. The second kappa shape index (κ2) is 6.56. The molecule has 0 saturated carbocycles. The number of ether oxygens (including phenoxy) is 2. The Kier molecular flexibility index (Phi) is 5.14. The van der Waals surface area contributed by atoms with Gasteiger partial charge in [0.15, 0.2) is 0 Å². The van der Waals surface area contributed by atoms with Gasteiger partial charge in [-0.25, -0.2) is 8.42 Å². The predicted octanol–water partition coefficient (Wildman–Crippen LogP) is 2.50. The zero-order chi connectivity index (χ0) is 16.5. The molecule has 22 heavy (non-hydrogen) atoms. The Morgan fingerprint density at radius 1 is 1.18 bits per heavy atom. The van der Waals surface area contributed by atoms with Gasteiger partial charge >= 0.3 is 0 Å². The molecule has 1 saturated heterocycles. The highest BCUT2D eigenvalue weighted by Crippen LogP contribution is 2.29. The molecule has 124 valence electrons. The van der Waals surface area contributed by atoms with Crippen molar-refractivity contribution >= 4 is 10.0 Å². The summed E-state index contributed by atoms with van der Waals surface area (Å²) in [5.41, 5.74) is 1.54. The minimum absolute atomic E-state index is 0.0948. The maximum atomic E-state index is 13.0. The molecule has 0 spiro atoms. The van der Waals surface area contributed by atoms with Gasteiger partial charge in [0.25, 0.3) is 0 Å². The van der Waals surface area contributed by atoms with Crippen LogP contribution in [0.1, 0.15) is 31.9 Å². The first-order chi connectivity index (χ1) is 10.3. The lowest BCUT2D eigenvalue weighted by molar-refractivity contribution is -0.0440. The average molecular weight is 327 g/mol. The van der Waals surface area contributed by atoms with Crippen molar-refractivity contribution in [1.82, 2.24) is 4.31 Å². The molecule has 1 heterocycles. The molecule has 5 nitrogen and oxygen atoms in total. The fourth-order valence-electron chi connectivity index (χ4n) is 2.82. The third-order valence-corrected chi connectivity index (χ3v) is 5.75. The number of rotatable bonds is 4. The van der Waals surface area contributed by atoms with Gasteiger partial charge in [-0.1, -0.05) is 0 Å². The minimum atomic E-state index is -3.51. The van der Waals surface area contributed by atoms with Gasteiger partial charge in [0, 0.05) is 13.1 Å². The molecule has 1 aliphatic rings. The third kappa shape index (κ3) is 3.45. The molecule has 0 radical (unpaired) electrons. The van der Waals surface area contributed by atoms with Gasteiger partial charge < -0.3 is 9.47 Å². The average Bonchev–Trinajstić information content (AvgIpc) is 2.41. The number of morpholine rings is 1. The molecule has 1 fully saturated rings. The zero-order valence-electron chi connectivity index (χ0n) is 13.9. The summed E-state index contributed by atoms with van der Waals surface area (Å²) in [4.78, 5) is 0.356. The highest BCUT2D eigenvalue weighted by atomic mass is 32.2. The van der Waals surface area contributed by atoms with E-state index in [1.807, 2.05) is 34.6 Å². The summed E-state index contributed by atoms with van der Waals surface area (Å²) in [6.07, 6.45) is -0.190. The minimum Gasteiger partial charge on any atom is -0.494 e. The summed E-state index contributed by atoms with van der Waals surface area (Å²) >= 11 is 0. The molecular formula is C16H25NO4S. The molecule has 1 aromatic carbocycles. The highest BCUT2D eigenvalue weighted by molar-refractivity contribution is 7.89. The van der Waals surface area contributed by atoms with Gasteiger partial charge in [-0.15, -0.1) is 0 Å². The normalized spacial score (nSPS) is 23.5. The summed E-state index contributed by atoms with van der Waals surface area (Å²) in [6.45, 7) is 10.7. The molecule has 1 aliphatic heterocycles. The van der Waals surface area contributed by atoms with Crippen LogP contribution in [0, 0.1) is 13.8 Å². The molecule has 0 amide bonds. The number of benzene rings is 1. The van der Waals surface area contributed by atoms with E-state index >= 15 is 0 Å². The molecule has 6 heteroatoms. The van der Waals surface area contributed by atoms with Gasteiger partial charge in [0.2, 0.25) is 10.0 Å². The van der Waals surface area contributed by atoms with E-state index in [1.165, 1.54) is 4.31 Å². The Morgan fingerprint density at radius 3 is 2.32 bits per heavy atom. The van der Waals surface area contributed by atoms with E-state index in [0.717, 1.165) is 11.3 Å². The lowest BCUT2D eigenvalue weighted by Crippen LogP contribution is -2.48. The van der Waals surface area contributed by atoms with Gasteiger partial charge in [-0.3, -0.25) is 0 Å². The number of nitrogens with zero attached hydrogens (tertiary/aromatic N) is 1. The van der Waals surface area contributed by atoms with Crippen LogP contribution in [-0.4, -0.2) is 44.6 Å². The second-order valence-corrected chi connectivity index (χ2v) is 7.80. The van der Waals surface area contributed by atoms with Gasteiger partial charge in [-0.2, -0.15) is 4.31 Å². The van der Waals surface area contributed by atoms with E-state index < -0.39 is 10.0 Å². The largest absolute Gasteiger partial charge is 0.494 e. The zero-order valence-corrected chi connectivity index (χ0v) is 14.7. The van der Waals surface area contributed by atoms with Crippen molar-refractivity contribution < 1.29 is 17.9 Å². The monoisotopic (exact) mass is 327 g/mol. The molecule has 0 N–H and O–H groups in total. The molecule has 1 aromatic rings. The van der Waals surface area contributed by atoms with Crippen molar-refractivity contribution in [2.75, 3.05) is 19.7 Å². The highest BCUT2D eigenvalue weighted by Gasteiger charge is 2.33. The van der Waals surface area contributed by atoms with Gasteiger partial charge in [-0.05, 0) is 57.9 Å². The Morgan fingerprint density at radius 2 is 1.77 bits per heavy atom. The number of hydrogen-bond donors (Lipinski definition) is 0. The summed E-state index contributed by atoms with van der Waals surface area (Å²) < 4.78 is 38.6. The summed E-state index contributed by atoms with van der Waals surface area (Å²) in [7, 11) is -3.51. The van der Waals surface area contributed by atoms with Crippen LogP contribution in [0.4, 0.5) is 0 Å². The van der Waals surface area contributed by atoms with Crippen LogP contribution in [-0.2, 0) is 14.8 Å². The molecule has 0 bridgehead atoms. The maximum absolute atomic E-state index is 13.0. The van der Waals surface area contributed by atoms with Crippen molar-refractivity contribution in [1.29, 1.82) is 0 Å². The predicted molar refractivity (Wildman–Crippen MR) is 85.9 cm³/mol. The Bertz CT molecular complexity index is 632. The first kappa shape index (κ1) is 17.2. The topological polar surface area (TPSA) is 55.8 Å². The molecule has 2 rings (SSSR count). The van der Waals surface area contributed by atoms with E-state index in [4.69, 9.17) is 9.47 Å². The Labute approximate surface area is 133 Å². The second-order valence-electron chi connectivity index (χ2n) is 5.90. The molecule has 0 unspecified atom stereocenters. The summed E-state index contributed by atoms with van der Waals surface area (Å²) in [5, 5.41) is 0. The molecule has 0 aromatic heterocycles. The first-order valence-electron chi connectivity index (χ1n) is 7.65. The third-order valence-electron chi connectivity index (χ3n) is 3.78. The van der Waals surface area contributed by atoms with E-state index in [9.17, 15) is 8.42 Å². The van der Waals surface area contributed by atoms with E-state index in [-0.39, 0.29) is 12.2 Å². The SMILES string of the molecule is CCOc1cc(C)c(S(=O)(=O)N2C[C@@H](C)O[C@H](C)C2)cc1C. The molecular weight excluding hydrogens is 302 g/mol. The lowest BCUT2D eigenvalue weighted by Gasteiger charge is -2.34. The van der Waals surface area contributed by atoms with Crippen molar-refractivity contribution in [2.24, 2.45) is 0 Å². The molecule has 0 aliphatic carbocycles. The fraction of sp³-hybridized carbons (Fsp3) is 0.625. The van der Waals surface area contributed by atoms with Crippen LogP contribution >= 0.6 is 0 Å². The van der Waals surface area contributed by atoms with Crippen molar-refractivity contribution in [3.63, 3.8) is 0 Å².